The fourth-order valence-corrected chi connectivity index (χ4v) is 5.91. The van der Waals surface area contributed by atoms with Gasteiger partial charge in [-0.3, -0.25) is 14.9 Å². The van der Waals surface area contributed by atoms with Gasteiger partial charge in [-0.15, -0.1) is 11.3 Å². The molecule has 3 amide bonds. The number of carbonyl (C=O) groups is 3. The van der Waals surface area contributed by atoms with Gasteiger partial charge in [0.2, 0.25) is 10.0 Å². The number of carbonyl (C=O) groups excluding carboxylic acids is 3. The molecule has 2 N–H and O–H groups in total. The molecule has 0 spiro atoms. The number of hydrogen-bond donors (Lipinski definition) is 2. The second kappa shape index (κ2) is 9.80. The molecule has 9 nitrogen and oxygen atoms in total. The Labute approximate surface area is 190 Å². The normalized spacial score (nSPS) is 14.2. The first-order valence-corrected chi connectivity index (χ1v) is 12.4. The fraction of sp³-hybridized carbons (Fsp3) is 0.381. The average Bonchev–Trinajstić information content (AvgIpc) is 3.37. The van der Waals surface area contributed by atoms with Crippen molar-refractivity contribution < 1.29 is 27.5 Å². The zero-order valence-electron chi connectivity index (χ0n) is 18.1. The maximum atomic E-state index is 12.8. The van der Waals surface area contributed by atoms with Gasteiger partial charge in [-0.1, -0.05) is 0 Å². The number of sulfonamides is 1. The van der Waals surface area contributed by atoms with Gasteiger partial charge >= 0.3 is 6.09 Å². The van der Waals surface area contributed by atoms with Crippen LogP contribution in [0.15, 0.2) is 29.2 Å². The summed E-state index contributed by atoms with van der Waals surface area (Å²) in [5.74, 6) is -1.17. The number of hydrogen-bond acceptors (Lipinski definition) is 7. The summed E-state index contributed by atoms with van der Waals surface area (Å²) in [6.45, 7) is 6.26. The van der Waals surface area contributed by atoms with Crippen molar-refractivity contribution >= 4 is 44.3 Å². The molecule has 0 aliphatic carbocycles. The van der Waals surface area contributed by atoms with Crippen molar-refractivity contribution in [2.24, 2.45) is 0 Å². The number of nitrogens with one attached hydrogen (secondary N) is 2. The minimum Gasteiger partial charge on any atom is -0.450 e. The van der Waals surface area contributed by atoms with E-state index in [1.54, 1.807) is 20.8 Å². The lowest BCUT2D eigenvalue weighted by Gasteiger charge is -2.15. The lowest BCUT2D eigenvalue weighted by atomic mass is 10.1. The summed E-state index contributed by atoms with van der Waals surface area (Å²) >= 11 is 1.21. The molecule has 0 radical (unpaired) electrons. The van der Waals surface area contributed by atoms with Crippen LogP contribution in [0.3, 0.4) is 0 Å². The molecular formula is C21H25N3O6S2. The lowest BCUT2D eigenvalue weighted by molar-refractivity contribution is 0.0925. The third-order valence-electron chi connectivity index (χ3n) is 5.15. The van der Waals surface area contributed by atoms with Gasteiger partial charge in [0.25, 0.3) is 11.8 Å². The number of thiophene rings is 1. The molecule has 32 heavy (non-hydrogen) atoms. The van der Waals surface area contributed by atoms with E-state index in [2.05, 4.69) is 10.6 Å². The van der Waals surface area contributed by atoms with Crippen LogP contribution in [0.2, 0.25) is 0 Å². The predicted octanol–water partition coefficient (Wildman–Crippen LogP) is 3.29. The fourth-order valence-electron chi connectivity index (χ4n) is 3.34. The SMILES string of the molecule is CCOC(=O)NC(=O)c1c(NC(=O)c2ccc(S(=O)(=O)N3CCCC3)cc2)sc(C)c1C. The summed E-state index contributed by atoms with van der Waals surface area (Å²) in [7, 11) is -3.57. The Bertz CT molecular complexity index is 1130. The smallest absolute Gasteiger partial charge is 0.414 e. The predicted molar refractivity (Wildman–Crippen MR) is 121 cm³/mol. The Morgan fingerprint density at radius 1 is 1.06 bits per heavy atom. The number of imide groups is 1. The monoisotopic (exact) mass is 479 g/mol. The van der Waals surface area contributed by atoms with Crippen molar-refractivity contribution in [1.82, 2.24) is 9.62 Å². The van der Waals surface area contributed by atoms with Crippen LogP contribution >= 0.6 is 11.3 Å². The number of nitrogens with zero attached hydrogens (tertiary/aromatic N) is 1. The first-order chi connectivity index (χ1) is 15.1. The van der Waals surface area contributed by atoms with E-state index >= 15 is 0 Å². The van der Waals surface area contributed by atoms with Gasteiger partial charge in [0.15, 0.2) is 0 Å². The summed E-state index contributed by atoms with van der Waals surface area (Å²) in [5, 5.41) is 5.13. The Balaban J connectivity index is 1.78. The highest BCUT2D eigenvalue weighted by Crippen LogP contribution is 2.33. The number of amides is 3. The minimum absolute atomic E-state index is 0.119. The van der Waals surface area contributed by atoms with Crippen molar-refractivity contribution in [3.05, 3.63) is 45.8 Å². The molecule has 1 saturated heterocycles. The number of alkyl carbamates (subject to hydrolysis) is 1. The molecule has 0 atom stereocenters. The maximum Gasteiger partial charge on any atom is 0.414 e. The molecule has 0 bridgehead atoms. The Morgan fingerprint density at radius 3 is 2.28 bits per heavy atom. The van der Waals surface area contributed by atoms with E-state index in [0.29, 0.717) is 23.7 Å². The minimum atomic E-state index is -3.57. The number of benzene rings is 1. The van der Waals surface area contributed by atoms with Crippen molar-refractivity contribution in [1.29, 1.82) is 0 Å². The van der Waals surface area contributed by atoms with Crippen LogP contribution in [0.4, 0.5) is 9.80 Å². The number of rotatable bonds is 6. The first-order valence-electron chi connectivity index (χ1n) is 10.1. The molecule has 0 unspecified atom stereocenters. The van der Waals surface area contributed by atoms with Crippen LogP contribution in [-0.4, -0.2) is 50.3 Å². The molecule has 11 heteroatoms. The molecule has 1 aliphatic heterocycles. The van der Waals surface area contributed by atoms with Crippen molar-refractivity contribution in [3.63, 3.8) is 0 Å². The number of anilines is 1. The molecule has 0 saturated carbocycles. The second-order valence-electron chi connectivity index (χ2n) is 7.25. The Morgan fingerprint density at radius 2 is 1.69 bits per heavy atom. The van der Waals surface area contributed by atoms with Crippen molar-refractivity contribution in [3.8, 4) is 0 Å². The second-order valence-corrected chi connectivity index (χ2v) is 10.4. The molecule has 2 heterocycles. The van der Waals surface area contributed by atoms with Crippen LogP contribution in [-0.2, 0) is 14.8 Å². The van der Waals surface area contributed by atoms with Crippen LogP contribution < -0.4 is 10.6 Å². The number of aryl methyl sites for hydroxylation is 1. The summed E-state index contributed by atoms with van der Waals surface area (Å²) in [5.41, 5.74) is 1.06. The van der Waals surface area contributed by atoms with Gasteiger partial charge in [-0.05, 0) is 63.4 Å². The Hall–Kier alpha value is -2.76. The third-order valence-corrected chi connectivity index (χ3v) is 8.19. The highest BCUT2D eigenvalue weighted by Gasteiger charge is 2.27. The standard InChI is InChI=1S/C21H25N3O6S2/c1-4-30-21(27)23-19(26)17-13(2)14(3)31-20(17)22-18(25)15-7-9-16(10-8-15)32(28,29)24-11-5-6-12-24/h7-10H,4-6,11-12H2,1-3H3,(H,22,25)(H,23,26,27). The lowest BCUT2D eigenvalue weighted by Crippen LogP contribution is -2.32. The quantitative estimate of drug-likeness (QED) is 0.656. The molecule has 1 aromatic carbocycles. The average molecular weight is 480 g/mol. The van der Waals surface area contributed by atoms with E-state index in [1.807, 2.05) is 0 Å². The van der Waals surface area contributed by atoms with Gasteiger partial charge in [-0.2, -0.15) is 4.31 Å². The maximum absolute atomic E-state index is 12.8. The van der Waals surface area contributed by atoms with Gasteiger partial charge in [0, 0.05) is 23.5 Å². The molecular weight excluding hydrogens is 454 g/mol. The third kappa shape index (κ3) is 5.00. The molecule has 1 fully saturated rings. The summed E-state index contributed by atoms with van der Waals surface area (Å²) in [6.07, 6.45) is 0.810. The van der Waals surface area contributed by atoms with E-state index in [-0.39, 0.29) is 22.6 Å². The van der Waals surface area contributed by atoms with Gasteiger partial charge in [-0.25, -0.2) is 13.2 Å². The van der Waals surface area contributed by atoms with E-state index in [9.17, 15) is 22.8 Å². The van der Waals surface area contributed by atoms with Crippen molar-refractivity contribution in [2.75, 3.05) is 25.0 Å². The highest BCUT2D eigenvalue weighted by molar-refractivity contribution is 7.89. The first kappa shape index (κ1) is 23.9. The van der Waals surface area contributed by atoms with E-state index in [1.165, 1.54) is 39.9 Å². The van der Waals surface area contributed by atoms with E-state index in [4.69, 9.17) is 4.74 Å². The van der Waals surface area contributed by atoms with Gasteiger partial charge in [0.1, 0.15) is 5.00 Å². The molecule has 1 aromatic heterocycles. The molecule has 3 rings (SSSR count). The van der Waals surface area contributed by atoms with Crippen LogP contribution in [0.5, 0.6) is 0 Å². The van der Waals surface area contributed by atoms with E-state index in [0.717, 1.165) is 17.7 Å². The Kier molecular flexibility index (Phi) is 7.32. The van der Waals surface area contributed by atoms with Crippen molar-refractivity contribution in [2.45, 2.75) is 38.5 Å². The summed E-state index contributed by atoms with van der Waals surface area (Å²) in [6, 6.07) is 5.68. The molecule has 172 valence electrons. The van der Waals surface area contributed by atoms with Gasteiger partial charge < -0.3 is 10.1 Å². The van der Waals surface area contributed by atoms with Crippen LogP contribution in [0.25, 0.3) is 0 Å². The summed E-state index contributed by atoms with van der Waals surface area (Å²) < 4.78 is 31.5. The topological polar surface area (TPSA) is 122 Å². The van der Waals surface area contributed by atoms with Crippen LogP contribution in [0.1, 0.15) is 50.9 Å². The highest BCUT2D eigenvalue weighted by atomic mass is 32.2. The summed E-state index contributed by atoms with van der Waals surface area (Å²) in [4.78, 5) is 37.9. The molecule has 1 aliphatic rings. The zero-order chi connectivity index (χ0) is 23.5. The molecule has 2 aromatic rings. The largest absolute Gasteiger partial charge is 0.450 e. The van der Waals surface area contributed by atoms with E-state index < -0.39 is 27.9 Å². The van der Waals surface area contributed by atoms with Crippen LogP contribution in [0, 0.1) is 13.8 Å². The zero-order valence-corrected chi connectivity index (χ0v) is 19.7. The number of ether oxygens (including phenoxy) is 1. The van der Waals surface area contributed by atoms with Gasteiger partial charge in [0.05, 0.1) is 17.1 Å².